The van der Waals surface area contributed by atoms with Crippen molar-refractivity contribution in [3.63, 3.8) is 0 Å². The van der Waals surface area contributed by atoms with E-state index < -0.39 is 24.1 Å². The van der Waals surface area contributed by atoms with E-state index in [0.717, 1.165) is 0 Å². The van der Waals surface area contributed by atoms with Gasteiger partial charge in [0.05, 0.1) is 24.0 Å². The molecule has 1 amide bonds. The van der Waals surface area contributed by atoms with E-state index in [-0.39, 0.29) is 12.2 Å². The number of carbonyl (C=O) groups is 1. The third kappa shape index (κ3) is 3.04. The molecule has 2 atom stereocenters. The standard InChI is InChI=1S/C12H15F2N3O2/c13-7-1-2-11(9(15)5-7)17-4-3-10(8(14)6-17)16-12(18)19/h1-2,5,8,10,16H,3-4,6,15H2,(H,18,19)/t8-,10+/m0/s1. The minimum absolute atomic E-state index is 0.0286. The number of piperidine rings is 1. The predicted octanol–water partition coefficient (Wildman–Crippen LogP) is 1.59. The highest BCUT2D eigenvalue weighted by atomic mass is 19.1. The molecule has 19 heavy (non-hydrogen) atoms. The van der Waals surface area contributed by atoms with Gasteiger partial charge >= 0.3 is 6.09 Å². The minimum Gasteiger partial charge on any atom is -0.465 e. The Bertz CT molecular complexity index is 484. The van der Waals surface area contributed by atoms with Crippen molar-refractivity contribution < 1.29 is 18.7 Å². The first-order valence-corrected chi connectivity index (χ1v) is 5.91. The minimum atomic E-state index is -1.32. The van der Waals surface area contributed by atoms with E-state index in [1.54, 1.807) is 4.90 Å². The van der Waals surface area contributed by atoms with Crippen LogP contribution in [0.4, 0.5) is 25.0 Å². The highest BCUT2D eigenvalue weighted by Gasteiger charge is 2.31. The van der Waals surface area contributed by atoms with Gasteiger partial charge in [-0.2, -0.15) is 0 Å². The van der Waals surface area contributed by atoms with Crippen LogP contribution in [0.15, 0.2) is 18.2 Å². The summed E-state index contributed by atoms with van der Waals surface area (Å²) in [6, 6.07) is 3.24. The second-order valence-electron chi connectivity index (χ2n) is 4.51. The molecule has 0 unspecified atom stereocenters. The zero-order valence-corrected chi connectivity index (χ0v) is 10.1. The molecule has 1 aliphatic rings. The summed E-state index contributed by atoms with van der Waals surface area (Å²) < 4.78 is 26.8. The highest BCUT2D eigenvalue weighted by Crippen LogP contribution is 2.27. The van der Waals surface area contributed by atoms with Crippen molar-refractivity contribution in [1.29, 1.82) is 0 Å². The number of rotatable bonds is 2. The number of amides is 1. The number of nitrogens with two attached hydrogens (primary N) is 1. The highest BCUT2D eigenvalue weighted by molar-refractivity contribution is 5.68. The fourth-order valence-electron chi connectivity index (χ4n) is 2.26. The van der Waals surface area contributed by atoms with Crippen LogP contribution in [0.5, 0.6) is 0 Å². The molecule has 1 fully saturated rings. The number of carboxylic acid groups (broad SMARTS) is 1. The molecule has 1 saturated heterocycles. The number of alkyl halides is 1. The van der Waals surface area contributed by atoms with Crippen LogP contribution in [-0.2, 0) is 0 Å². The Labute approximate surface area is 109 Å². The lowest BCUT2D eigenvalue weighted by Crippen LogP contribution is -2.52. The zero-order valence-electron chi connectivity index (χ0n) is 10.1. The van der Waals surface area contributed by atoms with Gasteiger partial charge in [0.25, 0.3) is 0 Å². The van der Waals surface area contributed by atoms with Crippen LogP contribution in [0.1, 0.15) is 6.42 Å². The average Bonchev–Trinajstić information content (AvgIpc) is 2.31. The number of nitrogens with zero attached hydrogens (tertiary/aromatic N) is 1. The van der Waals surface area contributed by atoms with Crippen LogP contribution in [0.25, 0.3) is 0 Å². The van der Waals surface area contributed by atoms with Gasteiger partial charge < -0.3 is 21.1 Å². The molecule has 1 aliphatic heterocycles. The number of nitrogen functional groups attached to an aromatic ring is 1. The summed E-state index contributed by atoms with van der Waals surface area (Å²) in [6.07, 6.45) is -2.22. The van der Waals surface area contributed by atoms with Crippen molar-refractivity contribution in [1.82, 2.24) is 5.32 Å². The lowest BCUT2D eigenvalue weighted by Gasteiger charge is -2.36. The summed E-state index contributed by atoms with van der Waals surface area (Å²) in [6.45, 7) is 0.488. The van der Waals surface area contributed by atoms with Gasteiger partial charge in [-0.1, -0.05) is 0 Å². The van der Waals surface area contributed by atoms with E-state index >= 15 is 0 Å². The Balaban J connectivity index is 2.07. The molecule has 0 bridgehead atoms. The van der Waals surface area contributed by atoms with Gasteiger partial charge in [0.1, 0.15) is 12.0 Å². The van der Waals surface area contributed by atoms with Gasteiger partial charge in [0.15, 0.2) is 0 Å². The summed E-state index contributed by atoms with van der Waals surface area (Å²) in [4.78, 5) is 12.2. The summed E-state index contributed by atoms with van der Waals surface area (Å²) in [7, 11) is 0. The van der Waals surface area contributed by atoms with Crippen molar-refractivity contribution in [3.8, 4) is 0 Å². The Morgan fingerprint density at radius 2 is 2.26 bits per heavy atom. The van der Waals surface area contributed by atoms with Crippen LogP contribution >= 0.6 is 0 Å². The molecule has 4 N–H and O–H groups in total. The molecule has 0 saturated carbocycles. The summed E-state index contributed by atoms with van der Waals surface area (Å²) >= 11 is 0. The molecule has 0 aromatic heterocycles. The van der Waals surface area contributed by atoms with Gasteiger partial charge in [-0.15, -0.1) is 0 Å². The molecule has 104 valence electrons. The molecule has 1 heterocycles. The largest absolute Gasteiger partial charge is 0.465 e. The molecule has 1 aromatic rings. The fraction of sp³-hybridized carbons (Fsp3) is 0.417. The van der Waals surface area contributed by atoms with Gasteiger partial charge in [-0.05, 0) is 24.6 Å². The molecule has 0 aliphatic carbocycles. The van der Waals surface area contributed by atoms with E-state index in [1.807, 2.05) is 0 Å². The van der Waals surface area contributed by atoms with E-state index in [1.165, 1.54) is 18.2 Å². The smallest absolute Gasteiger partial charge is 0.404 e. The van der Waals surface area contributed by atoms with Crippen molar-refractivity contribution in [3.05, 3.63) is 24.0 Å². The lowest BCUT2D eigenvalue weighted by atomic mass is 10.0. The zero-order chi connectivity index (χ0) is 14.0. The molecule has 2 rings (SSSR count). The Hall–Kier alpha value is -2.05. The number of anilines is 2. The third-order valence-electron chi connectivity index (χ3n) is 3.18. The monoisotopic (exact) mass is 271 g/mol. The van der Waals surface area contributed by atoms with Crippen molar-refractivity contribution in [2.24, 2.45) is 0 Å². The fourth-order valence-corrected chi connectivity index (χ4v) is 2.26. The van der Waals surface area contributed by atoms with Crippen molar-refractivity contribution in [2.45, 2.75) is 18.6 Å². The van der Waals surface area contributed by atoms with Crippen molar-refractivity contribution in [2.75, 3.05) is 23.7 Å². The average molecular weight is 271 g/mol. The van der Waals surface area contributed by atoms with Crippen LogP contribution < -0.4 is 16.0 Å². The topological polar surface area (TPSA) is 78.6 Å². The second kappa shape index (κ2) is 5.29. The van der Waals surface area contributed by atoms with Gasteiger partial charge in [-0.3, -0.25) is 0 Å². The molecular weight excluding hydrogens is 256 g/mol. The van der Waals surface area contributed by atoms with Gasteiger partial charge in [0, 0.05) is 6.54 Å². The number of hydrogen-bond donors (Lipinski definition) is 3. The molecule has 7 heteroatoms. The van der Waals surface area contributed by atoms with Gasteiger partial charge in [-0.25, -0.2) is 13.6 Å². The number of halogens is 2. The molecule has 1 aromatic carbocycles. The maximum Gasteiger partial charge on any atom is 0.404 e. The maximum absolute atomic E-state index is 13.9. The first-order valence-electron chi connectivity index (χ1n) is 5.91. The molecular formula is C12H15F2N3O2. The van der Waals surface area contributed by atoms with Crippen LogP contribution in [0, 0.1) is 5.82 Å². The number of nitrogens with one attached hydrogen (secondary N) is 1. The normalized spacial score (nSPS) is 23.2. The van der Waals surface area contributed by atoms with Crippen LogP contribution in [-0.4, -0.2) is 36.5 Å². The first kappa shape index (κ1) is 13.4. The van der Waals surface area contributed by atoms with E-state index in [4.69, 9.17) is 10.8 Å². The number of hydrogen-bond acceptors (Lipinski definition) is 3. The molecule has 5 nitrogen and oxygen atoms in total. The van der Waals surface area contributed by atoms with Crippen LogP contribution in [0.3, 0.4) is 0 Å². The van der Waals surface area contributed by atoms with E-state index in [0.29, 0.717) is 18.7 Å². The molecule has 0 radical (unpaired) electrons. The second-order valence-corrected chi connectivity index (χ2v) is 4.51. The SMILES string of the molecule is Nc1cc(F)ccc1N1CC[C@@H](NC(=O)O)[C@@H](F)C1. The molecule has 0 spiro atoms. The Morgan fingerprint density at radius 3 is 2.84 bits per heavy atom. The summed E-state index contributed by atoms with van der Waals surface area (Å²) in [5, 5.41) is 10.7. The quantitative estimate of drug-likeness (QED) is 0.714. The predicted molar refractivity (Wildman–Crippen MR) is 67.5 cm³/mol. The Morgan fingerprint density at radius 1 is 1.53 bits per heavy atom. The number of benzene rings is 1. The lowest BCUT2D eigenvalue weighted by molar-refractivity contribution is 0.168. The third-order valence-corrected chi connectivity index (χ3v) is 3.18. The van der Waals surface area contributed by atoms with E-state index in [2.05, 4.69) is 5.32 Å². The summed E-state index contributed by atoms with van der Waals surface area (Å²) in [5.41, 5.74) is 6.51. The summed E-state index contributed by atoms with van der Waals surface area (Å²) in [5.74, 6) is -0.444. The van der Waals surface area contributed by atoms with Crippen LogP contribution in [0.2, 0.25) is 0 Å². The van der Waals surface area contributed by atoms with Gasteiger partial charge in [0.2, 0.25) is 0 Å². The van der Waals surface area contributed by atoms with Crippen molar-refractivity contribution >= 4 is 17.5 Å². The van der Waals surface area contributed by atoms with E-state index in [9.17, 15) is 13.6 Å². The Kier molecular flexibility index (Phi) is 3.73. The first-order chi connectivity index (χ1) is 8.97. The maximum atomic E-state index is 13.9.